The smallest absolute Gasteiger partial charge is 0.233 e. The predicted molar refractivity (Wildman–Crippen MR) is 70.8 cm³/mol. The molecule has 1 aromatic carbocycles. The summed E-state index contributed by atoms with van der Waals surface area (Å²) >= 11 is 11.6. The molecule has 1 aliphatic carbocycles. The monoisotopic (exact) mass is 294 g/mol. The molecule has 0 heterocycles. The van der Waals surface area contributed by atoms with E-state index in [4.69, 9.17) is 28.9 Å². The first-order chi connectivity index (χ1) is 7.80. The van der Waals surface area contributed by atoms with Crippen LogP contribution in [0.3, 0.4) is 0 Å². The summed E-state index contributed by atoms with van der Waals surface area (Å²) < 4.78 is 25.1. The molecular weight excluding hydrogens is 283 g/mol. The van der Waals surface area contributed by atoms with Gasteiger partial charge < -0.3 is 5.73 Å². The molecule has 1 fully saturated rings. The standard InChI is InChI=1S/C10H12Cl2N2O2S/c11-10(12)5-7(10)6-17(15,16)14-9-4-2-1-3-8(9)13/h1-4,7,14H,5-6,13H2/t7-/m0/s1. The Morgan fingerprint density at radius 2 is 2.00 bits per heavy atom. The maximum absolute atomic E-state index is 11.8. The minimum atomic E-state index is -3.46. The lowest BCUT2D eigenvalue weighted by molar-refractivity contribution is 0.597. The van der Waals surface area contributed by atoms with Gasteiger partial charge in [0.2, 0.25) is 10.0 Å². The van der Waals surface area contributed by atoms with Crippen molar-refractivity contribution in [2.75, 3.05) is 16.2 Å². The Morgan fingerprint density at radius 1 is 1.41 bits per heavy atom. The Balaban J connectivity index is 2.06. The lowest BCUT2D eigenvalue weighted by atomic mass is 10.3. The topological polar surface area (TPSA) is 72.2 Å². The molecule has 1 saturated carbocycles. The number of hydrogen-bond acceptors (Lipinski definition) is 3. The summed E-state index contributed by atoms with van der Waals surface area (Å²) in [7, 11) is -3.46. The zero-order valence-electron chi connectivity index (χ0n) is 8.86. The highest BCUT2D eigenvalue weighted by Crippen LogP contribution is 2.53. The van der Waals surface area contributed by atoms with Crippen molar-refractivity contribution in [2.45, 2.75) is 10.8 Å². The van der Waals surface area contributed by atoms with Crippen LogP contribution >= 0.6 is 23.2 Å². The third kappa shape index (κ3) is 3.18. The van der Waals surface area contributed by atoms with Gasteiger partial charge >= 0.3 is 0 Å². The van der Waals surface area contributed by atoms with Gasteiger partial charge in [0.1, 0.15) is 4.33 Å². The quantitative estimate of drug-likeness (QED) is 0.660. The van der Waals surface area contributed by atoms with Crippen molar-refractivity contribution in [3.05, 3.63) is 24.3 Å². The van der Waals surface area contributed by atoms with E-state index in [2.05, 4.69) is 4.72 Å². The summed E-state index contributed by atoms with van der Waals surface area (Å²) in [5.74, 6) is -0.304. The van der Waals surface area contributed by atoms with Gasteiger partial charge in [0.05, 0.1) is 17.1 Å². The fourth-order valence-electron chi connectivity index (χ4n) is 1.51. The summed E-state index contributed by atoms with van der Waals surface area (Å²) in [5, 5.41) is 0. The van der Waals surface area contributed by atoms with E-state index < -0.39 is 14.4 Å². The molecule has 0 spiro atoms. The van der Waals surface area contributed by atoms with Crippen molar-refractivity contribution < 1.29 is 8.42 Å². The third-order valence-corrected chi connectivity index (χ3v) is 4.90. The molecule has 7 heteroatoms. The Morgan fingerprint density at radius 3 is 2.53 bits per heavy atom. The van der Waals surface area contributed by atoms with Gasteiger partial charge in [-0.2, -0.15) is 0 Å². The van der Waals surface area contributed by atoms with E-state index in [1.54, 1.807) is 24.3 Å². The van der Waals surface area contributed by atoms with Crippen LogP contribution in [-0.2, 0) is 10.0 Å². The Labute approximate surface area is 110 Å². The molecule has 17 heavy (non-hydrogen) atoms. The first-order valence-electron chi connectivity index (χ1n) is 5.03. The molecule has 1 aromatic rings. The molecule has 0 radical (unpaired) electrons. The van der Waals surface area contributed by atoms with Crippen LogP contribution in [0, 0.1) is 5.92 Å². The number of rotatable bonds is 4. The van der Waals surface area contributed by atoms with Crippen LogP contribution in [0.2, 0.25) is 0 Å². The number of hydrogen-bond donors (Lipinski definition) is 2. The molecule has 4 nitrogen and oxygen atoms in total. The molecule has 94 valence electrons. The van der Waals surface area contributed by atoms with E-state index >= 15 is 0 Å². The number of nitrogens with one attached hydrogen (secondary N) is 1. The average molecular weight is 295 g/mol. The predicted octanol–water partition coefficient (Wildman–Crippen LogP) is 2.20. The normalized spacial score (nSPS) is 22.1. The van der Waals surface area contributed by atoms with Crippen LogP contribution in [-0.4, -0.2) is 18.5 Å². The van der Waals surface area contributed by atoms with E-state index in [0.29, 0.717) is 17.8 Å². The lowest BCUT2D eigenvalue weighted by Crippen LogP contribution is -2.20. The second kappa shape index (κ2) is 4.23. The largest absolute Gasteiger partial charge is 0.397 e. The summed E-state index contributed by atoms with van der Waals surface area (Å²) in [6, 6.07) is 6.67. The molecule has 0 aromatic heterocycles. The van der Waals surface area contributed by atoms with Crippen LogP contribution in [0.5, 0.6) is 0 Å². The highest BCUT2D eigenvalue weighted by molar-refractivity contribution is 7.92. The van der Waals surface area contributed by atoms with Crippen LogP contribution in [0.15, 0.2) is 24.3 Å². The van der Waals surface area contributed by atoms with Gasteiger partial charge in [0.15, 0.2) is 0 Å². The number of sulfonamides is 1. The molecule has 0 amide bonds. The highest BCUT2D eigenvalue weighted by atomic mass is 35.5. The fraction of sp³-hybridized carbons (Fsp3) is 0.400. The summed E-state index contributed by atoms with van der Waals surface area (Å²) in [5.41, 5.74) is 6.41. The molecule has 2 rings (SSSR count). The molecule has 0 unspecified atom stereocenters. The zero-order chi connectivity index (χ0) is 12.7. The summed E-state index contributed by atoms with van der Waals surface area (Å²) in [6.45, 7) is 0. The van der Waals surface area contributed by atoms with Gasteiger partial charge in [-0.1, -0.05) is 12.1 Å². The van der Waals surface area contributed by atoms with Crippen LogP contribution in [0.1, 0.15) is 6.42 Å². The van der Waals surface area contributed by atoms with Gasteiger partial charge in [-0.25, -0.2) is 8.42 Å². The SMILES string of the molecule is Nc1ccccc1NS(=O)(=O)C[C@@H]1CC1(Cl)Cl. The van der Waals surface area contributed by atoms with Crippen molar-refractivity contribution >= 4 is 44.6 Å². The molecule has 0 aliphatic heterocycles. The van der Waals surface area contributed by atoms with E-state index in [1.807, 2.05) is 0 Å². The van der Waals surface area contributed by atoms with Crippen LogP contribution < -0.4 is 10.5 Å². The van der Waals surface area contributed by atoms with Crippen molar-refractivity contribution in [1.82, 2.24) is 0 Å². The molecule has 3 N–H and O–H groups in total. The van der Waals surface area contributed by atoms with Crippen molar-refractivity contribution in [3.63, 3.8) is 0 Å². The lowest BCUT2D eigenvalue weighted by Gasteiger charge is -2.09. The minimum absolute atomic E-state index is 0.0890. The highest BCUT2D eigenvalue weighted by Gasteiger charge is 2.53. The minimum Gasteiger partial charge on any atom is -0.397 e. The number of nitrogen functional groups attached to an aromatic ring is 1. The molecule has 1 atom stereocenters. The van der Waals surface area contributed by atoms with E-state index in [1.165, 1.54) is 0 Å². The van der Waals surface area contributed by atoms with E-state index in [0.717, 1.165) is 0 Å². The first kappa shape index (κ1) is 12.8. The van der Waals surface area contributed by atoms with Crippen molar-refractivity contribution in [1.29, 1.82) is 0 Å². The third-order valence-electron chi connectivity index (χ3n) is 2.60. The Bertz CT molecular complexity index is 531. The maximum Gasteiger partial charge on any atom is 0.233 e. The second-order valence-electron chi connectivity index (χ2n) is 4.13. The number of alkyl halides is 2. The van der Waals surface area contributed by atoms with Gasteiger partial charge in [-0.3, -0.25) is 4.72 Å². The molecule has 0 bridgehead atoms. The fourth-order valence-corrected chi connectivity index (χ4v) is 3.76. The van der Waals surface area contributed by atoms with Gasteiger partial charge in [0.25, 0.3) is 0 Å². The number of para-hydroxylation sites is 2. The molecule has 1 aliphatic rings. The zero-order valence-corrected chi connectivity index (χ0v) is 11.2. The molecule has 0 saturated heterocycles. The molecular formula is C10H12Cl2N2O2S. The van der Waals surface area contributed by atoms with Gasteiger partial charge in [-0.05, 0) is 18.6 Å². The maximum atomic E-state index is 11.8. The second-order valence-corrected chi connectivity index (χ2v) is 7.44. The Hall–Kier alpha value is -0.650. The van der Waals surface area contributed by atoms with Crippen molar-refractivity contribution in [2.24, 2.45) is 5.92 Å². The number of nitrogens with two attached hydrogens (primary N) is 1. The van der Waals surface area contributed by atoms with Crippen molar-refractivity contribution in [3.8, 4) is 0 Å². The van der Waals surface area contributed by atoms with Gasteiger partial charge in [0, 0.05) is 5.92 Å². The number of benzene rings is 1. The van der Waals surface area contributed by atoms with Crippen LogP contribution in [0.25, 0.3) is 0 Å². The Kier molecular flexibility index (Phi) is 3.18. The van der Waals surface area contributed by atoms with Crippen LogP contribution in [0.4, 0.5) is 11.4 Å². The first-order valence-corrected chi connectivity index (χ1v) is 7.44. The summed E-state index contributed by atoms with van der Waals surface area (Å²) in [6.07, 6.45) is 0.501. The average Bonchev–Trinajstić information content (AvgIpc) is 2.76. The van der Waals surface area contributed by atoms with E-state index in [9.17, 15) is 8.42 Å². The number of anilines is 2. The summed E-state index contributed by atoms with van der Waals surface area (Å²) in [4.78, 5) is 0. The van der Waals surface area contributed by atoms with Gasteiger partial charge in [-0.15, -0.1) is 23.2 Å². The number of halogens is 2. The van der Waals surface area contributed by atoms with E-state index in [-0.39, 0.29) is 11.7 Å².